The van der Waals surface area contributed by atoms with Gasteiger partial charge in [-0.3, -0.25) is 14.5 Å². The Bertz CT molecular complexity index is 867. The number of nitrogens with zero attached hydrogens (tertiary/aromatic N) is 1. The van der Waals surface area contributed by atoms with E-state index in [4.69, 9.17) is 4.74 Å². The summed E-state index contributed by atoms with van der Waals surface area (Å²) < 4.78 is 5.70. The molecule has 1 atom stereocenters. The molecule has 1 aliphatic rings. The Hall–Kier alpha value is -3.35. The second-order valence-corrected chi connectivity index (χ2v) is 6.85. The van der Waals surface area contributed by atoms with E-state index in [1.54, 1.807) is 31.2 Å². The van der Waals surface area contributed by atoms with E-state index in [1.807, 2.05) is 37.3 Å². The predicted octanol–water partition coefficient (Wildman–Crippen LogP) is 2.92. The molecule has 0 unspecified atom stereocenters. The van der Waals surface area contributed by atoms with Crippen LogP contribution in [0, 0.1) is 0 Å². The minimum Gasteiger partial charge on any atom is -0.489 e. The topological polar surface area (TPSA) is 87.7 Å². The molecule has 4 amide bonds. The number of hydrogen-bond acceptors (Lipinski definition) is 4. The van der Waals surface area contributed by atoms with E-state index in [2.05, 4.69) is 10.6 Å². The molecule has 0 saturated carbocycles. The largest absolute Gasteiger partial charge is 0.489 e. The quantitative estimate of drug-likeness (QED) is 0.722. The number of hydrogen-bond donors (Lipinski definition) is 2. The molecule has 0 spiro atoms. The average molecular weight is 381 g/mol. The molecule has 1 saturated heterocycles. The second kappa shape index (κ2) is 8.12. The first-order valence-electron chi connectivity index (χ1n) is 9.12. The first kappa shape index (κ1) is 19.4. The van der Waals surface area contributed by atoms with Gasteiger partial charge < -0.3 is 15.4 Å². The van der Waals surface area contributed by atoms with Gasteiger partial charge in [0.2, 0.25) is 5.91 Å². The molecule has 146 valence electrons. The molecule has 0 radical (unpaired) electrons. The molecule has 7 heteroatoms. The zero-order valence-corrected chi connectivity index (χ0v) is 15.9. The van der Waals surface area contributed by atoms with Crippen LogP contribution < -0.4 is 15.4 Å². The first-order valence-corrected chi connectivity index (χ1v) is 9.12. The number of carbonyl (C=O) groups is 3. The van der Waals surface area contributed by atoms with Crippen LogP contribution in [-0.2, 0) is 16.2 Å². The lowest BCUT2D eigenvalue weighted by Gasteiger charge is -2.19. The number of carbonyl (C=O) groups excluding carboxylic acids is 3. The molecule has 2 aromatic carbocycles. The Morgan fingerprint density at radius 3 is 2.39 bits per heavy atom. The van der Waals surface area contributed by atoms with Crippen LogP contribution in [0.25, 0.3) is 0 Å². The van der Waals surface area contributed by atoms with Crippen molar-refractivity contribution in [2.75, 3.05) is 11.9 Å². The van der Waals surface area contributed by atoms with Crippen LogP contribution >= 0.6 is 0 Å². The number of rotatable bonds is 7. The predicted molar refractivity (Wildman–Crippen MR) is 105 cm³/mol. The molecular weight excluding hydrogens is 358 g/mol. The summed E-state index contributed by atoms with van der Waals surface area (Å²) in [6.07, 6.45) is 0.458. The van der Waals surface area contributed by atoms with Gasteiger partial charge in [-0.15, -0.1) is 0 Å². The van der Waals surface area contributed by atoms with Gasteiger partial charge in [-0.05, 0) is 43.2 Å². The normalized spacial score (nSPS) is 18.7. The maximum Gasteiger partial charge on any atom is 0.325 e. The third-order valence-corrected chi connectivity index (χ3v) is 4.74. The van der Waals surface area contributed by atoms with Crippen LogP contribution in [0.4, 0.5) is 10.5 Å². The summed E-state index contributed by atoms with van der Waals surface area (Å²) in [6, 6.07) is 16.2. The maximum absolute atomic E-state index is 12.3. The van der Waals surface area contributed by atoms with Gasteiger partial charge in [0.15, 0.2) is 0 Å². The highest BCUT2D eigenvalue weighted by Crippen LogP contribution is 2.21. The number of amides is 4. The number of urea groups is 1. The van der Waals surface area contributed by atoms with Crippen molar-refractivity contribution in [3.05, 3.63) is 60.2 Å². The van der Waals surface area contributed by atoms with E-state index in [9.17, 15) is 14.4 Å². The molecule has 1 fully saturated rings. The number of nitrogens with one attached hydrogen (secondary N) is 2. The summed E-state index contributed by atoms with van der Waals surface area (Å²) in [4.78, 5) is 37.5. The minimum atomic E-state index is -0.949. The highest BCUT2D eigenvalue weighted by molar-refractivity contribution is 6.09. The molecule has 2 N–H and O–H groups in total. The molecule has 2 aromatic rings. The smallest absolute Gasteiger partial charge is 0.325 e. The molecule has 0 bridgehead atoms. The van der Waals surface area contributed by atoms with Crippen LogP contribution in [0.2, 0.25) is 0 Å². The van der Waals surface area contributed by atoms with Gasteiger partial charge in [0, 0.05) is 5.69 Å². The highest BCUT2D eigenvalue weighted by Gasteiger charge is 2.46. The molecule has 1 aliphatic heterocycles. The maximum atomic E-state index is 12.3. The standard InChI is InChI=1S/C21H23N3O4/c1-3-21(2)19(26)24(20(27)23-21)13-18(25)22-16-9-11-17(12-10-16)28-14-15-7-5-4-6-8-15/h4-12H,3,13-14H2,1-2H3,(H,22,25)(H,23,27)/t21-/m1/s1. The lowest BCUT2D eigenvalue weighted by Crippen LogP contribution is -2.44. The number of ether oxygens (including phenoxy) is 1. The highest BCUT2D eigenvalue weighted by atomic mass is 16.5. The Morgan fingerprint density at radius 1 is 1.11 bits per heavy atom. The minimum absolute atomic E-state index is 0.327. The van der Waals surface area contributed by atoms with Crippen LogP contribution in [0.3, 0.4) is 0 Å². The van der Waals surface area contributed by atoms with Crippen molar-refractivity contribution in [1.29, 1.82) is 0 Å². The van der Waals surface area contributed by atoms with E-state index in [1.165, 1.54) is 0 Å². The van der Waals surface area contributed by atoms with Gasteiger partial charge in [-0.2, -0.15) is 0 Å². The van der Waals surface area contributed by atoms with Gasteiger partial charge in [-0.25, -0.2) is 4.79 Å². The van der Waals surface area contributed by atoms with Gasteiger partial charge in [0.05, 0.1) is 0 Å². The molecule has 7 nitrogen and oxygen atoms in total. The molecule has 0 aromatic heterocycles. The van der Waals surface area contributed by atoms with E-state index in [-0.39, 0.29) is 12.5 Å². The average Bonchev–Trinajstić information content (AvgIpc) is 2.92. The molecule has 0 aliphatic carbocycles. The van der Waals surface area contributed by atoms with E-state index in [0.29, 0.717) is 24.5 Å². The van der Waals surface area contributed by atoms with Crippen LogP contribution in [0.5, 0.6) is 5.75 Å². The Kier molecular flexibility index (Phi) is 5.63. The molecule has 3 rings (SSSR count). The summed E-state index contributed by atoms with van der Waals surface area (Å²) in [5.74, 6) is -0.156. The van der Waals surface area contributed by atoms with E-state index >= 15 is 0 Å². The number of imide groups is 1. The Balaban J connectivity index is 1.53. The second-order valence-electron chi connectivity index (χ2n) is 6.85. The fourth-order valence-electron chi connectivity index (χ4n) is 2.85. The Morgan fingerprint density at radius 2 is 1.79 bits per heavy atom. The SMILES string of the molecule is CC[C@@]1(C)NC(=O)N(CC(=O)Nc2ccc(OCc3ccccc3)cc2)C1=O. The summed E-state index contributed by atoms with van der Waals surface area (Å²) in [5, 5.41) is 5.31. The zero-order chi connectivity index (χ0) is 20.1. The Labute approximate surface area is 163 Å². The van der Waals surface area contributed by atoms with Crippen molar-refractivity contribution in [2.45, 2.75) is 32.4 Å². The third-order valence-electron chi connectivity index (χ3n) is 4.74. The van der Waals surface area contributed by atoms with Crippen LogP contribution in [0.15, 0.2) is 54.6 Å². The van der Waals surface area contributed by atoms with Crippen molar-refractivity contribution in [1.82, 2.24) is 10.2 Å². The fraction of sp³-hybridized carbons (Fsp3) is 0.286. The van der Waals surface area contributed by atoms with Crippen molar-refractivity contribution in [3.63, 3.8) is 0 Å². The van der Waals surface area contributed by atoms with Gasteiger partial charge >= 0.3 is 6.03 Å². The van der Waals surface area contributed by atoms with Crippen LogP contribution in [0.1, 0.15) is 25.8 Å². The van der Waals surface area contributed by atoms with Gasteiger partial charge in [0.25, 0.3) is 5.91 Å². The van der Waals surface area contributed by atoms with Crippen LogP contribution in [-0.4, -0.2) is 34.8 Å². The molecular formula is C21H23N3O4. The van der Waals surface area contributed by atoms with Crippen molar-refractivity contribution < 1.29 is 19.1 Å². The third kappa shape index (κ3) is 4.31. The first-order chi connectivity index (χ1) is 13.4. The lowest BCUT2D eigenvalue weighted by molar-refractivity contribution is -0.133. The molecule has 28 heavy (non-hydrogen) atoms. The fourth-order valence-corrected chi connectivity index (χ4v) is 2.85. The summed E-state index contributed by atoms with van der Waals surface area (Å²) >= 11 is 0. The summed E-state index contributed by atoms with van der Waals surface area (Å²) in [5.41, 5.74) is 0.671. The van der Waals surface area contributed by atoms with Crippen molar-refractivity contribution >= 4 is 23.5 Å². The zero-order valence-electron chi connectivity index (χ0n) is 15.9. The lowest BCUT2D eigenvalue weighted by atomic mass is 9.99. The van der Waals surface area contributed by atoms with E-state index in [0.717, 1.165) is 10.5 Å². The summed E-state index contributed by atoms with van der Waals surface area (Å²) in [6.45, 7) is 3.59. The van der Waals surface area contributed by atoms with Crippen molar-refractivity contribution in [3.8, 4) is 5.75 Å². The van der Waals surface area contributed by atoms with E-state index < -0.39 is 17.5 Å². The monoisotopic (exact) mass is 381 g/mol. The molecule has 1 heterocycles. The number of anilines is 1. The van der Waals surface area contributed by atoms with Gasteiger partial charge in [0.1, 0.15) is 24.4 Å². The van der Waals surface area contributed by atoms with Gasteiger partial charge in [-0.1, -0.05) is 37.3 Å². The number of benzene rings is 2. The van der Waals surface area contributed by atoms with Crippen molar-refractivity contribution in [2.24, 2.45) is 0 Å². The summed E-state index contributed by atoms with van der Waals surface area (Å²) in [7, 11) is 0.